The summed E-state index contributed by atoms with van der Waals surface area (Å²) in [4.78, 5) is 10.5. The number of carbonyl (C=O) groups excluding carboxylic acids is 1. The fourth-order valence-corrected chi connectivity index (χ4v) is 1.60. The van der Waals surface area contributed by atoms with E-state index >= 15 is 0 Å². The Bertz CT molecular complexity index is 440. The smallest absolute Gasteiger partial charge is 0.217 e. The van der Waals surface area contributed by atoms with Crippen LogP contribution in [0.15, 0.2) is 18.2 Å². The summed E-state index contributed by atoms with van der Waals surface area (Å²) in [5.74, 6) is -0.272. The molecule has 1 amide bonds. The highest BCUT2D eigenvalue weighted by atomic mass is 35.5. The predicted molar refractivity (Wildman–Crippen MR) is 67.7 cm³/mol. The van der Waals surface area contributed by atoms with Gasteiger partial charge < -0.3 is 11.1 Å². The molecule has 0 fully saturated rings. The lowest BCUT2D eigenvalue weighted by Gasteiger charge is -2.06. The first-order chi connectivity index (χ1) is 8.13. The van der Waals surface area contributed by atoms with Gasteiger partial charge in [-0.1, -0.05) is 11.6 Å². The van der Waals surface area contributed by atoms with Gasteiger partial charge in [-0.2, -0.15) is 5.26 Å². The van der Waals surface area contributed by atoms with E-state index in [9.17, 15) is 4.79 Å². The molecule has 0 bridgehead atoms. The van der Waals surface area contributed by atoms with Gasteiger partial charge in [0.1, 0.15) is 6.07 Å². The Kier molecular flexibility index (Phi) is 5.31. The lowest BCUT2D eigenvalue weighted by molar-refractivity contribution is -0.118. The largest absolute Gasteiger partial charge is 0.385 e. The molecule has 0 atom stereocenters. The van der Waals surface area contributed by atoms with Gasteiger partial charge >= 0.3 is 0 Å². The summed E-state index contributed by atoms with van der Waals surface area (Å²) in [5, 5.41) is 12.3. The number of nitriles is 1. The van der Waals surface area contributed by atoms with E-state index in [1.807, 2.05) is 6.07 Å². The lowest BCUT2D eigenvalue weighted by Crippen LogP contribution is -2.10. The van der Waals surface area contributed by atoms with Crippen molar-refractivity contribution in [2.75, 3.05) is 11.9 Å². The zero-order valence-electron chi connectivity index (χ0n) is 9.37. The quantitative estimate of drug-likeness (QED) is 0.762. The summed E-state index contributed by atoms with van der Waals surface area (Å²) in [5.41, 5.74) is 6.36. The average molecular weight is 252 g/mol. The molecule has 1 aromatic carbocycles. The molecule has 0 unspecified atom stereocenters. The first kappa shape index (κ1) is 13.3. The Morgan fingerprint density at radius 3 is 2.82 bits per heavy atom. The number of unbranched alkanes of at least 4 members (excludes halogenated alkanes) is 1. The van der Waals surface area contributed by atoms with Gasteiger partial charge in [0.15, 0.2) is 0 Å². The van der Waals surface area contributed by atoms with Gasteiger partial charge in [0.05, 0.1) is 10.6 Å². The second-order valence-electron chi connectivity index (χ2n) is 3.66. The maximum absolute atomic E-state index is 10.5. The number of primary amides is 1. The van der Waals surface area contributed by atoms with Crippen molar-refractivity contribution < 1.29 is 4.79 Å². The van der Waals surface area contributed by atoms with Crippen LogP contribution in [-0.2, 0) is 4.79 Å². The van der Waals surface area contributed by atoms with Gasteiger partial charge in [-0.05, 0) is 31.0 Å². The third kappa shape index (κ3) is 4.75. The third-order valence-corrected chi connectivity index (χ3v) is 2.58. The zero-order valence-corrected chi connectivity index (χ0v) is 10.1. The Hall–Kier alpha value is -1.73. The van der Waals surface area contributed by atoms with E-state index in [2.05, 4.69) is 5.32 Å². The number of anilines is 1. The lowest BCUT2D eigenvalue weighted by atomic mass is 10.2. The van der Waals surface area contributed by atoms with Gasteiger partial charge in [-0.15, -0.1) is 0 Å². The molecule has 1 aromatic rings. The van der Waals surface area contributed by atoms with E-state index in [1.165, 1.54) is 0 Å². The van der Waals surface area contributed by atoms with Crippen LogP contribution in [0.1, 0.15) is 24.8 Å². The Balaban J connectivity index is 2.35. The summed E-state index contributed by atoms with van der Waals surface area (Å²) in [6.07, 6.45) is 2.04. The highest BCUT2D eigenvalue weighted by Gasteiger charge is 2.00. The van der Waals surface area contributed by atoms with Crippen molar-refractivity contribution in [1.82, 2.24) is 0 Å². The monoisotopic (exact) mass is 251 g/mol. The summed E-state index contributed by atoms with van der Waals surface area (Å²) in [7, 11) is 0. The number of hydrogen-bond acceptors (Lipinski definition) is 3. The molecule has 3 N–H and O–H groups in total. The van der Waals surface area contributed by atoms with Crippen LogP contribution in [0.25, 0.3) is 0 Å². The summed E-state index contributed by atoms with van der Waals surface area (Å²) in [6, 6.07) is 7.20. The van der Waals surface area contributed by atoms with E-state index in [-0.39, 0.29) is 5.91 Å². The maximum atomic E-state index is 10.5. The van der Waals surface area contributed by atoms with Crippen LogP contribution in [0, 0.1) is 11.3 Å². The number of amides is 1. The van der Waals surface area contributed by atoms with Gasteiger partial charge in [0, 0.05) is 18.7 Å². The molecular formula is C12H14ClN3O. The third-order valence-electron chi connectivity index (χ3n) is 2.27. The molecule has 1 rings (SSSR count). The fraction of sp³-hybridized carbons (Fsp3) is 0.333. The molecule has 17 heavy (non-hydrogen) atoms. The molecule has 0 saturated heterocycles. The number of rotatable bonds is 6. The summed E-state index contributed by atoms with van der Waals surface area (Å²) >= 11 is 5.89. The van der Waals surface area contributed by atoms with Gasteiger partial charge in [-0.3, -0.25) is 4.79 Å². The molecule has 0 aliphatic heterocycles. The molecular weight excluding hydrogens is 238 g/mol. The molecule has 0 radical (unpaired) electrons. The minimum absolute atomic E-state index is 0.272. The molecule has 0 aliphatic carbocycles. The van der Waals surface area contributed by atoms with E-state index in [4.69, 9.17) is 22.6 Å². The van der Waals surface area contributed by atoms with Crippen molar-refractivity contribution in [3.8, 4) is 6.07 Å². The molecule has 0 aliphatic rings. The molecule has 0 saturated carbocycles. The van der Waals surface area contributed by atoms with Crippen molar-refractivity contribution in [3.05, 3.63) is 28.8 Å². The minimum Gasteiger partial charge on any atom is -0.385 e. The van der Waals surface area contributed by atoms with Crippen molar-refractivity contribution in [2.24, 2.45) is 5.73 Å². The first-order valence-electron chi connectivity index (χ1n) is 5.35. The number of halogens is 1. The van der Waals surface area contributed by atoms with Crippen molar-refractivity contribution in [2.45, 2.75) is 19.3 Å². The van der Waals surface area contributed by atoms with Crippen LogP contribution in [0.2, 0.25) is 5.02 Å². The molecule has 4 nitrogen and oxygen atoms in total. The van der Waals surface area contributed by atoms with Crippen LogP contribution in [-0.4, -0.2) is 12.5 Å². The number of nitrogens with two attached hydrogens (primary N) is 1. The Labute approximate surface area is 105 Å². The fourth-order valence-electron chi connectivity index (χ4n) is 1.37. The number of carbonyl (C=O) groups is 1. The van der Waals surface area contributed by atoms with Gasteiger partial charge in [0.2, 0.25) is 5.91 Å². The SMILES string of the molecule is N#Cc1ccc(NCCCCC(N)=O)cc1Cl. The molecule has 0 heterocycles. The number of nitrogens with zero attached hydrogens (tertiary/aromatic N) is 1. The Morgan fingerprint density at radius 1 is 1.47 bits per heavy atom. The highest BCUT2D eigenvalue weighted by molar-refractivity contribution is 6.32. The van der Waals surface area contributed by atoms with Crippen LogP contribution in [0.4, 0.5) is 5.69 Å². The van der Waals surface area contributed by atoms with Crippen LogP contribution < -0.4 is 11.1 Å². The molecule has 90 valence electrons. The van der Waals surface area contributed by atoms with E-state index < -0.39 is 0 Å². The molecule has 0 spiro atoms. The highest BCUT2D eigenvalue weighted by Crippen LogP contribution is 2.20. The zero-order chi connectivity index (χ0) is 12.7. The van der Waals surface area contributed by atoms with E-state index in [0.29, 0.717) is 17.0 Å². The number of benzene rings is 1. The van der Waals surface area contributed by atoms with E-state index in [0.717, 1.165) is 25.1 Å². The average Bonchev–Trinajstić information content (AvgIpc) is 2.28. The second kappa shape index (κ2) is 6.77. The predicted octanol–water partition coefficient (Wildman–Crippen LogP) is 2.28. The van der Waals surface area contributed by atoms with Crippen LogP contribution in [0.3, 0.4) is 0 Å². The van der Waals surface area contributed by atoms with Crippen LogP contribution >= 0.6 is 11.6 Å². The second-order valence-corrected chi connectivity index (χ2v) is 4.06. The Morgan fingerprint density at radius 2 is 2.24 bits per heavy atom. The summed E-state index contributed by atoms with van der Waals surface area (Å²) < 4.78 is 0. The van der Waals surface area contributed by atoms with Gasteiger partial charge in [-0.25, -0.2) is 0 Å². The van der Waals surface area contributed by atoms with Gasteiger partial charge in [0.25, 0.3) is 0 Å². The van der Waals surface area contributed by atoms with Crippen molar-refractivity contribution in [3.63, 3.8) is 0 Å². The first-order valence-corrected chi connectivity index (χ1v) is 5.73. The van der Waals surface area contributed by atoms with Crippen molar-refractivity contribution >= 4 is 23.2 Å². The van der Waals surface area contributed by atoms with Crippen molar-refractivity contribution in [1.29, 1.82) is 5.26 Å². The van der Waals surface area contributed by atoms with E-state index in [1.54, 1.807) is 18.2 Å². The minimum atomic E-state index is -0.272. The molecule has 0 aromatic heterocycles. The normalized spacial score (nSPS) is 9.65. The number of nitrogens with one attached hydrogen (secondary N) is 1. The standard InChI is InChI=1S/C12H14ClN3O/c13-11-7-10(5-4-9(11)8-14)16-6-2-1-3-12(15)17/h4-5,7,16H,1-3,6H2,(H2,15,17). The number of hydrogen-bond donors (Lipinski definition) is 2. The topological polar surface area (TPSA) is 78.9 Å². The molecule has 5 heteroatoms. The summed E-state index contributed by atoms with van der Waals surface area (Å²) in [6.45, 7) is 0.746. The maximum Gasteiger partial charge on any atom is 0.217 e. The van der Waals surface area contributed by atoms with Crippen LogP contribution in [0.5, 0.6) is 0 Å².